The fourth-order valence-corrected chi connectivity index (χ4v) is 3.58. The third-order valence-electron chi connectivity index (χ3n) is 4.84. The molecule has 36 heavy (non-hydrogen) atoms. The van der Waals surface area contributed by atoms with Gasteiger partial charge in [0.15, 0.2) is 5.82 Å². The largest absolute Gasteiger partial charge is 0.488 e. The smallest absolute Gasteiger partial charge is 0.378 e. The van der Waals surface area contributed by atoms with Crippen LogP contribution in [0.25, 0.3) is 11.4 Å². The zero-order valence-electron chi connectivity index (χ0n) is 18.6. The highest BCUT2D eigenvalue weighted by Crippen LogP contribution is 2.20. The number of carbonyl (C=O) groups excluding carboxylic acids is 1. The number of aromatic amines is 1. The molecule has 0 bridgehead atoms. The molecule has 12 heteroatoms. The summed E-state index contributed by atoms with van der Waals surface area (Å²) in [7, 11) is -5.21. The van der Waals surface area contributed by atoms with E-state index in [1.807, 2.05) is 12.1 Å². The van der Waals surface area contributed by atoms with Crippen LogP contribution >= 0.6 is 0 Å². The summed E-state index contributed by atoms with van der Waals surface area (Å²) in [6.45, 7) is 0.354. The average molecular weight is 507 g/mol. The number of amides is 1. The van der Waals surface area contributed by atoms with E-state index in [0.29, 0.717) is 35.0 Å². The van der Waals surface area contributed by atoms with Crippen LogP contribution in [-0.4, -0.2) is 34.5 Å². The highest BCUT2D eigenvalue weighted by Gasteiger charge is 2.13. The van der Waals surface area contributed by atoms with E-state index in [9.17, 15) is 17.1 Å². The quantitative estimate of drug-likeness (QED) is 0.233. The number of hydrogen-bond acceptors (Lipinski definition) is 8. The molecule has 0 spiro atoms. The number of benzene rings is 2. The third kappa shape index (κ3) is 6.64. The molecule has 4 aromatic rings. The van der Waals surface area contributed by atoms with E-state index in [0.717, 1.165) is 5.56 Å². The van der Waals surface area contributed by atoms with Crippen molar-refractivity contribution in [1.29, 1.82) is 0 Å². The number of terminal acetylenes is 1. The van der Waals surface area contributed by atoms with Crippen LogP contribution in [0, 0.1) is 12.3 Å². The Kier molecular flexibility index (Phi) is 7.22. The topological polar surface area (TPSA) is 139 Å². The number of nitrogens with zero attached hydrogens (tertiary/aromatic N) is 3. The fourth-order valence-electron chi connectivity index (χ4n) is 3.25. The van der Waals surface area contributed by atoms with Crippen LogP contribution in [0.2, 0.25) is 0 Å². The van der Waals surface area contributed by atoms with Gasteiger partial charge in [0.05, 0.1) is 6.54 Å². The molecular formula is C24H19FN6O4S. The van der Waals surface area contributed by atoms with Crippen molar-refractivity contribution in [2.45, 2.75) is 13.1 Å². The van der Waals surface area contributed by atoms with Gasteiger partial charge in [-0.1, -0.05) is 15.9 Å². The molecule has 10 nitrogen and oxygen atoms in total. The van der Waals surface area contributed by atoms with Gasteiger partial charge >= 0.3 is 10.5 Å². The van der Waals surface area contributed by atoms with Crippen LogP contribution in [0.3, 0.4) is 0 Å². The van der Waals surface area contributed by atoms with Gasteiger partial charge in [0.1, 0.15) is 11.6 Å². The Hall–Kier alpha value is -4.76. The maximum atomic E-state index is 12.9. The number of nitrogens with one attached hydrogen (secondary N) is 3. The molecule has 0 aliphatic carbocycles. The molecule has 2 aromatic heterocycles. The van der Waals surface area contributed by atoms with Gasteiger partial charge in [0.25, 0.3) is 5.91 Å². The van der Waals surface area contributed by atoms with E-state index in [2.05, 4.69) is 40.9 Å². The summed E-state index contributed by atoms with van der Waals surface area (Å²) < 4.78 is 38.7. The SMILES string of the molecule is C#Cc1cc(CNC(=O)c2cccc(NCc3nc(-c4ccncc4)n[nH]3)c2)cc(OS(=O)(=O)F)c1. The summed E-state index contributed by atoms with van der Waals surface area (Å²) in [4.78, 5) is 21.1. The first kappa shape index (κ1) is 24.4. The Morgan fingerprint density at radius 1 is 1.11 bits per heavy atom. The Morgan fingerprint density at radius 3 is 2.67 bits per heavy atom. The van der Waals surface area contributed by atoms with E-state index in [4.69, 9.17) is 6.42 Å². The second-order valence-corrected chi connectivity index (χ2v) is 8.40. The molecule has 0 fully saturated rings. The second kappa shape index (κ2) is 10.7. The number of halogens is 1. The molecule has 0 atom stereocenters. The minimum absolute atomic E-state index is 0.00451. The number of carbonyl (C=O) groups is 1. The van der Waals surface area contributed by atoms with Crippen molar-refractivity contribution in [1.82, 2.24) is 25.5 Å². The van der Waals surface area contributed by atoms with E-state index in [1.165, 1.54) is 12.1 Å². The van der Waals surface area contributed by atoms with Gasteiger partial charge in [0, 0.05) is 41.3 Å². The minimum atomic E-state index is -5.21. The van der Waals surface area contributed by atoms with Gasteiger partial charge in [-0.3, -0.25) is 14.9 Å². The Labute approximate surface area is 206 Å². The maximum Gasteiger partial charge on any atom is 0.488 e. The van der Waals surface area contributed by atoms with Gasteiger partial charge in [-0.2, -0.15) is 13.5 Å². The second-order valence-electron chi connectivity index (χ2n) is 7.45. The molecule has 0 radical (unpaired) electrons. The molecular weight excluding hydrogens is 487 g/mol. The summed E-state index contributed by atoms with van der Waals surface area (Å²) in [5.74, 6) is 2.81. The van der Waals surface area contributed by atoms with E-state index >= 15 is 0 Å². The number of anilines is 1. The zero-order valence-corrected chi connectivity index (χ0v) is 19.4. The maximum absolute atomic E-state index is 12.9. The molecule has 2 aromatic carbocycles. The highest BCUT2D eigenvalue weighted by molar-refractivity contribution is 7.81. The Balaban J connectivity index is 1.38. The standard InChI is InChI=1S/C24H19FN6O4S/c1-2-16-10-17(12-21(11-16)35-36(25,33)34)14-28-24(32)19-4-3-5-20(13-19)27-15-22-29-23(31-30-22)18-6-8-26-9-7-18/h1,3-13,27H,14-15H2,(H,28,32)(H,29,30,31). The summed E-state index contributed by atoms with van der Waals surface area (Å²) >= 11 is 0. The van der Waals surface area contributed by atoms with Crippen LogP contribution in [0.5, 0.6) is 5.75 Å². The van der Waals surface area contributed by atoms with Crippen molar-refractivity contribution < 1.29 is 21.3 Å². The average Bonchev–Trinajstić information content (AvgIpc) is 3.35. The van der Waals surface area contributed by atoms with E-state index in [1.54, 1.807) is 42.7 Å². The van der Waals surface area contributed by atoms with Gasteiger partial charge < -0.3 is 14.8 Å². The van der Waals surface area contributed by atoms with Crippen molar-refractivity contribution in [2.24, 2.45) is 0 Å². The Bertz CT molecular complexity index is 1530. The molecule has 4 rings (SSSR count). The fraction of sp³-hybridized carbons (Fsp3) is 0.0833. The highest BCUT2D eigenvalue weighted by atomic mass is 32.3. The van der Waals surface area contributed by atoms with Gasteiger partial charge in [-0.05, 0) is 54.1 Å². The number of aromatic nitrogens is 4. The van der Waals surface area contributed by atoms with Crippen LogP contribution in [-0.2, 0) is 23.6 Å². The normalized spacial score (nSPS) is 10.9. The lowest BCUT2D eigenvalue weighted by Gasteiger charge is -2.10. The first-order valence-corrected chi connectivity index (χ1v) is 11.8. The van der Waals surface area contributed by atoms with Crippen LogP contribution in [0.15, 0.2) is 67.0 Å². The Morgan fingerprint density at radius 2 is 1.92 bits per heavy atom. The monoisotopic (exact) mass is 506 g/mol. The molecule has 182 valence electrons. The molecule has 0 aliphatic rings. The molecule has 0 saturated carbocycles. The lowest BCUT2D eigenvalue weighted by Crippen LogP contribution is -2.23. The van der Waals surface area contributed by atoms with Gasteiger partial charge in [0.2, 0.25) is 0 Å². The number of pyridine rings is 1. The summed E-state index contributed by atoms with van der Waals surface area (Å²) in [5.41, 5.74) is 2.60. The summed E-state index contributed by atoms with van der Waals surface area (Å²) in [5, 5.41) is 13.0. The van der Waals surface area contributed by atoms with Crippen molar-refractivity contribution in [3.63, 3.8) is 0 Å². The van der Waals surface area contributed by atoms with Crippen LogP contribution < -0.4 is 14.8 Å². The number of H-pyrrole nitrogens is 1. The molecule has 0 aliphatic heterocycles. The van der Waals surface area contributed by atoms with Crippen LogP contribution in [0.4, 0.5) is 9.57 Å². The van der Waals surface area contributed by atoms with Gasteiger partial charge in [-0.25, -0.2) is 4.98 Å². The van der Waals surface area contributed by atoms with E-state index in [-0.39, 0.29) is 23.8 Å². The summed E-state index contributed by atoms with van der Waals surface area (Å²) in [6.07, 6.45) is 8.68. The van der Waals surface area contributed by atoms with Gasteiger partial charge in [-0.15, -0.1) is 6.42 Å². The molecule has 0 unspecified atom stereocenters. The van der Waals surface area contributed by atoms with Crippen LogP contribution in [0.1, 0.15) is 27.3 Å². The molecule has 1 amide bonds. The van der Waals surface area contributed by atoms with Crippen molar-refractivity contribution in [2.75, 3.05) is 5.32 Å². The van der Waals surface area contributed by atoms with E-state index < -0.39 is 10.5 Å². The predicted molar refractivity (Wildman–Crippen MR) is 130 cm³/mol. The molecule has 2 heterocycles. The van der Waals surface area contributed by atoms with Crippen molar-refractivity contribution >= 4 is 22.1 Å². The molecule has 0 saturated heterocycles. The lowest BCUT2D eigenvalue weighted by molar-refractivity contribution is 0.0951. The third-order valence-corrected chi connectivity index (χ3v) is 5.23. The predicted octanol–water partition coefficient (Wildman–Crippen LogP) is 2.98. The van der Waals surface area contributed by atoms with Crippen molar-refractivity contribution in [3.8, 4) is 29.5 Å². The first-order chi connectivity index (χ1) is 17.3. The summed E-state index contributed by atoms with van der Waals surface area (Å²) in [6, 6.07) is 14.5. The number of hydrogen-bond donors (Lipinski definition) is 3. The minimum Gasteiger partial charge on any atom is -0.378 e. The van der Waals surface area contributed by atoms with Crippen molar-refractivity contribution in [3.05, 3.63) is 89.5 Å². The lowest BCUT2D eigenvalue weighted by atomic mass is 10.1. The zero-order chi connectivity index (χ0) is 25.5. The first-order valence-electron chi connectivity index (χ1n) is 10.5. The molecule has 3 N–H and O–H groups in total. The number of rotatable bonds is 9.